The molecule has 0 radical (unpaired) electrons. The summed E-state index contributed by atoms with van der Waals surface area (Å²) in [6, 6.07) is 0.751. The van der Waals surface area contributed by atoms with E-state index in [1.165, 1.54) is 5.10 Å². The molecule has 0 spiro atoms. The van der Waals surface area contributed by atoms with Gasteiger partial charge >= 0.3 is 6.18 Å². The lowest BCUT2D eigenvalue weighted by atomic mass is 10.1. The van der Waals surface area contributed by atoms with Crippen LogP contribution in [0.25, 0.3) is 10.8 Å². The van der Waals surface area contributed by atoms with Crippen molar-refractivity contribution >= 4 is 10.8 Å². The van der Waals surface area contributed by atoms with Crippen molar-refractivity contribution in [2.45, 2.75) is 6.18 Å². The first-order valence-electron chi connectivity index (χ1n) is 4.25. The summed E-state index contributed by atoms with van der Waals surface area (Å²) in [4.78, 5) is 11.1. The third-order valence-corrected chi connectivity index (χ3v) is 2.07. The minimum atomic E-state index is -4.91. The summed E-state index contributed by atoms with van der Waals surface area (Å²) in [6.45, 7) is 0. The summed E-state index contributed by atoms with van der Waals surface area (Å²) in [6.07, 6.45) is -4.91. The molecule has 0 aliphatic rings. The Morgan fingerprint density at radius 3 is 2.41 bits per heavy atom. The van der Waals surface area contributed by atoms with E-state index in [0.717, 1.165) is 0 Å². The zero-order chi connectivity index (χ0) is 12.8. The van der Waals surface area contributed by atoms with Gasteiger partial charge in [-0.2, -0.15) is 18.3 Å². The zero-order valence-corrected chi connectivity index (χ0v) is 7.90. The molecule has 0 bridgehead atoms. The van der Waals surface area contributed by atoms with Crippen LogP contribution in [-0.4, -0.2) is 10.2 Å². The molecule has 1 N–H and O–H groups in total. The number of hydrogen-bond donors (Lipinski definition) is 1. The Balaban J connectivity index is 3.00. The summed E-state index contributed by atoms with van der Waals surface area (Å²) in [5, 5.41) is 2.51. The van der Waals surface area contributed by atoms with Crippen LogP contribution in [0.3, 0.4) is 0 Å². The first-order chi connectivity index (χ1) is 7.80. The first kappa shape index (κ1) is 11.5. The maximum Gasteiger partial charge on any atom is 0.435 e. The van der Waals surface area contributed by atoms with Crippen molar-refractivity contribution in [3.8, 4) is 0 Å². The molecule has 0 amide bonds. The Morgan fingerprint density at radius 2 is 1.82 bits per heavy atom. The maximum absolute atomic E-state index is 13.2. The van der Waals surface area contributed by atoms with Crippen LogP contribution in [-0.2, 0) is 6.18 Å². The van der Waals surface area contributed by atoms with Gasteiger partial charge in [0.2, 0.25) is 0 Å². The predicted octanol–water partition coefficient (Wildman–Crippen LogP) is 2.22. The van der Waals surface area contributed by atoms with Crippen LogP contribution in [0.1, 0.15) is 5.69 Å². The fraction of sp³-hybridized carbons (Fsp3) is 0.111. The second-order valence-electron chi connectivity index (χ2n) is 3.21. The number of nitrogens with zero attached hydrogens (tertiary/aromatic N) is 1. The number of hydrogen-bond acceptors (Lipinski definition) is 2. The monoisotopic (exact) mass is 250 g/mol. The van der Waals surface area contributed by atoms with Crippen molar-refractivity contribution in [3.05, 3.63) is 39.8 Å². The molecule has 90 valence electrons. The normalized spacial score (nSPS) is 12.1. The molecular formula is C9H3F5N2O. The number of halogens is 5. The van der Waals surface area contributed by atoms with Crippen LogP contribution in [0.2, 0.25) is 0 Å². The molecule has 0 saturated carbocycles. The van der Waals surface area contributed by atoms with E-state index in [-0.39, 0.29) is 0 Å². The maximum atomic E-state index is 13.2. The van der Waals surface area contributed by atoms with E-state index in [1.807, 2.05) is 0 Å². The van der Waals surface area contributed by atoms with Gasteiger partial charge in [0.25, 0.3) is 5.56 Å². The van der Waals surface area contributed by atoms with Gasteiger partial charge in [-0.1, -0.05) is 0 Å². The lowest BCUT2D eigenvalue weighted by Crippen LogP contribution is -2.18. The fourth-order valence-corrected chi connectivity index (χ4v) is 1.43. The summed E-state index contributed by atoms with van der Waals surface area (Å²) in [5.41, 5.74) is -2.68. The number of nitrogens with one attached hydrogen (secondary N) is 1. The number of aromatic nitrogens is 2. The number of aromatic amines is 1. The zero-order valence-electron chi connectivity index (χ0n) is 7.90. The first-order valence-corrected chi connectivity index (χ1v) is 4.25. The standard InChI is InChI=1S/C9H3F5N2O/c10-3-1-4-6(5(11)2-3)8(17)16-15-7(4)9(12,13)14/h1-2H,(H,16,17). The molecule has 2 aromatic rings. The number of rotatable bonds is 0. The quantitative estimate of drug-likeness (QED) is 0.728. The highest BCUT2D eigenvalue weighted by Crippen LogP contribution is 2.32. The van der Waals surface area contributed by atoms with E-state index in [0.29, 0.717) is 12.1 Å². The highest BCUT2D eigenvalue weighted by molar-refractivity contribution is 5.84. The van der Waals surface area contributed by atoms with E-state index in [1.54, 1.807) is 0 Å². The van der Waals surface area contributed by atoms with Crippen molar-refractivity contribution in [1.29, 1.82) is 0 Å². The number of fused-ring (bicyclic) bond motifs is 1. The van der Waals surface area contributed by atoms with Crippen molar-refractivity contribution in [3.63, 3.8) is 0 Å². The summed E-state index contributed by atoms with van der Waals surface area (Å²) in [5.74, 6) is -2.58. The third-order valence-electron chi connectivity index (χ3n) is 2.07. The van der Waals surface area contributed by atoms with Gasteiger partial charge in [-0.25, -0.2) is 13.9 Å². The fourth-order valence-electron chi connectivity index (χ4n) is 1.43. The summed E-state index contributed by atoms with van der Waals surface area (Å²) >= 11 is 0. The Kier molecular flexibility index (Phi) is 2.37. The minimum absolute atomic E-state index is 0.331. The Morgan fingerprint density at radius 1 is 1.18 bits per heavy atom. The molecule has 1 heterocycles. The third kappa shape index (κ3) is 1.85. The molecule has 0 fully saturated rings. The Labute approximate surface area is 89.9 Å². The van der Waals surface area contributed by atoms with Crippen LogP contribution in [0.15, 0.2) is 16.9 Å². The van der Waals surface area contributed by atoms with Crippen LogP contribution < -0.4 is 5.56 Å². The average molecular weight is 250 g/mol. The molecule has 1 aromatic heterocycles. The summed E-state index contributed by atoms with van der Waals surface area (Å²) in [7, 11) is 0. The predicted molar refractivity (Wildman–Crippen MR) is 47.3 cm³/mol. The van der Waals surface area contributed by atoms with Crippen LogP contribution in [0.4, 0.5) is 22.0 Å². The molecule has 0 aliphatic heterocycles. The highest BCUT2D eigenvalue weighted by atomic mass is 19.4. The number of H-pyrrole nitrogens is 1. The molecule has 0 aliphatic carbocycles. The van der Waals surface area contributed by atoms with E-state index >= 15 is 0 Å². The van der Waals surface area contributed by atoms with Crippen LogP contribution in [0.5, 0.6) is 0 Å². The van der Waals surface area contributed by atoms with E-state index in [9.17, 15) is 26.7 Å². The molecule has 8 heteroatoms. The van der Waals surface area contributed by atoms with Crippen LogP contribution in [0, 0.1) is 11.6 Å². The SMILES string of the molecule is O=c1[nH]nc(C(F)(F)F)c2cc(F)cc(F)c12. The van der Waals surface area contributed by atoms with Gasteiger partial charge in [0.15, 0.2) is 5.69 Å². The Hall–Kier alpha value is -1.99. The molecular weight excluding hydrogens is 247 g/mol. The highest BCUT2D eigenvalue weighted by Gasteiger charge is 2.36. The largest absolute Gasteiger partial charge is 0.435 e. The van der Waals surface area contributed by atoms with E-state index in [4.69, 9.17) is 0 Å². The molecule has 0 unspecified atom stereocenters. The van der Waals surface area contributed by atoms with Crippen molar-refractivity contribution < 1.29 is 22.0 Å². The molecule has 0 saturated heterocycles. The van der Waals surface area contributed by atoms with Gasteiger partial charge in [0, 0.05) is 11.5 Å². The van der Waals surface area contributed by atoms with Crippen molar-refractivity contribution in [1.82, 2.24) is 10.2 Å². The molecule has 17 heavy (non-hydrogen) atoms. The van der Waals surface area contributed by atoms with Gasteiger partial charge in [-0.15, -0.1) is 0 Å². The lowest BCUT2D eigenvalue weighted by Gasteiger charge is -2.08. The Bertz CT molecular complexity index is 646. The van der Waals surface area contributed by atoms with Gasteiger partial charge < -0.3 is 0 Å². The lowest BCUT2D eigenvalue weighted by molar-refractivity contribution is -0.140. The van der Waals surface area contributed by atoms with Crippen LogP contribution >= 0.6 is 0 Å². The molecule has 0 atom stereocenters. The van der Waals surface area contributed by atoms with Crippen molar-refractivity contribution in [2.75, 3.05) is 0 Å². The van der Waals surface area contributed by atoms with Gasteiger partial charge in [0.1, 0.15) is 11.6 Å². The molecule has 1 aromatic carbocycles. The van der Waals surface area contributed by atoms with Gasteiger partial charge in [-0.05, 0) is 6.07 Å². The minimum Gasteiger partial charge on any atom is -0.267 e. The number of alkyl halides is 3. The summed E-state index contributed by atoms with van der Waals surface area (Å²) < 4.78 is 63.5. The molecule has 2 rings (SSSR count). The second kappa shape index (κ2) is 3.51. The molecule has 3 nitrogen and oxygen atoms in total. The van der Waals surface area contributed by atoms with Gasteiger partial charge in [-0.3, -0.25) is 4.79 Å². The van der Waals surface area contributed by atoms with Crippen molar-refractivity contribution in [2.24, 2.45) is 0 Å². The average Bonchev–Trinajstić information content (AvgIpc) is 2.14. The van der Waals surface area contributed by atoms with E-state index < -0.39 is 39.8 Å². The smallest absolute Gasteiger partial charge is 0.267 e. The number of benzene rings is 1. The van der Waals surface area contributed by atoms with Gasteiger partial charge in [0.05, 0.1) is 5.39 Å². The topological polar surface area (TPSA) is 45.8 Å². The van der Waals surface area contributed by atoms with E-state index in [2.05, 4.69) is 5.10 Å². The second-order valence-corrected chi connectivity index (χ2v) is 3.21.